The van der Waals surface area contributed by atoms with E-state index in [9.17, 15) is 0 Å². The molecule has 1 aliphatic rings. The summed E-state index contributed by atoms with van der Waals surface area (Å²) in [7, 11) is 0. The largest absolute Gasteiger partial charge is 0.488 e. The van der Waals surface area contributed by atoms with E-state index in [1.54, 1.807) is 0 Å². The molecule has 2 nitrogen and oxygen atoms in total. The van der Waals surface area contributed by atoms with Gasteiger partial charge >= 0.3 is 0 Å². The minimum Gasteiger partial charge on any atom is -0.488 e. The minimum absolute atomic E-state index is 0.475. The van der Waals surface area contributed by atoms with Gasteiger partial charge in [0, 0.05) is 22.1 Å². The van der Waals surface area contributed by atoms with Gasteiger partial charge in [-0.3, -0.25) is 0 Å². The molecule has 0 spiro atoms. The van der Waals surface area contributed by atoms with Crippen molar-refractivity contribution in [3.05, 3.63) is 59.2 Å². The van der Waals surface area contributed by atoms with Gasteiger partial charge in [-0.05, 0) is 12.1 Å². The Morgan fingerprint density at radius 1 is 1.00 bits per heavy atom. The van der Waals surface area contributed by atoms with E-state index in [0.717, 1.165) is 33.3 Å². The fourth-order valence-corrected chi connectivity index (χ4v) is 2.85. The normalized spacial score (nSPS) is 12.7. The van der Waals surface area contributed by atoms with E-state index in [2.05, 4.69) is 17.1 Å². The molecule has 0 fully saturated rings. The number of benzene rings is 2. The zero-order valence-corrected chi connectivity index (χ0v) is 10.8. The molecule has 92 valence electrons. The second kappa shape index (κ2) is 3.97. The highest BCUT2D eigenvalue weighted by Gasteiger charge is 2.22. The molecule has 1 aliphatic heterocycles. The molecule has 4 rings (SSSR count). The van der Waals surface area contributed by atoms with Crippen molar-refractivity contribution < 1.29 is 4.74 Å². The first-order valence-electron chi connectivity index (χ1n) is 6.14. The first-order valence-corrected chi connectivity index (χ1v) is 6.52. The first kappa shape index (κ1) is 10.8. The smallest absolute Gasteiger partial charge is 0.137 e. The number of ether oxygens (including phenoxy) is 1. The van der Waals surface area contributed by atoms with Crippen LogP contribution in [-0.4, -0.2) is 4.98 Å². The second-order valence-corrected chi connectivity index (χ2v) is 4.92. The fraction of sp³-hybridized carbons (Fsp3) is 0.0625. The third-order valence-electron chi connectivity index (χ3n) is 3.47. The highest BCUT2D eigenvalue weighted by Crippen LogP contribution is 2.43. The summed E-state index contributed by atoms with van der Waals surface area (Å²) in [6, 6.07) is 16.1. The lowest BCUT2D eigenvalue weighted by Gasteiger charge is -2.22. The molecule has 3 heteroatoms. The fourth-order valence-electron chi connectivity index (χ4n) is 2.61. The van der Waals surface area contributed by atoms with E-state index < -0.39 is 0 Å². The third kappa shape index (κ3) is 1.53. The summed E-state index contributed by atoms with van der Waals surface area (Å²) in [6.07, 6.45) is 0. The van der Waals surface area contributed by atoms with Crippen LogP contribution in [-0.2, 0) is 6.61 Å². The molecule has 2 aromatic carbocycles. The third-order valence-corrected chi connectivity index (χ3v) is 3.78. The summed E-state index contributed by atoms with van der Waals surface area (Å²) in [5.74, 6) is 0.905. The Kier molecular flexibility index (Phi) is 2.26. The Hall–Kier alpha value is -2.06. The predicted molar refractivity (Wildman–Crippen MR) is 76.5 cm³/mol. The second-order valence-electron chi connectivity index (χ2n) is 4.56. The lowest BCUT2D eigenvalue weighted by molar-refractivity contribution is 0.302. The molecule has 3 aromatic rings. The summed E-state index contributed by atoms with van der Waals surface area (Å²) < 4.78 is 5.76. The molecule has 19 heavy (non-hydrogen) atoms. The van der Waals surface area contributed by atoms with Gasteiger partial charge in [-0.2, -0.15) is 0 Å². The number of nitrogens with zero attached hydrogens (tertiary/aromatic N) is 1. The topological polar surface area (TPSA) is 22.1 Å². The number of para-hydroxylation sites is 2. The van der Waals surface area contributed by atoms with Crippen molar-refractivity contribution in [2.45, 2.75) is 6.61 Å². The average Bonchev–Trinajstić information content (AvgIpc) is 2.47. The molecule has 0 N–H and O–H groups in total. The van der Waals surface area contributed by atoms with Crippen LogP contribution in [0.4, 0.5) is 0 Å². The van der Waals surface area contributed by atoms with Gasteiger partial charge in [0.15, 0.2) is 0 Å². The SMILES string of the molecule is Clc1nc2ccccc2c2c1COc1ccccc1-2. The van der Waals surface area contributed by atoms with E-state index in [-0.39, 0.29) is 0 Å². The van der Waals surface area contributed by atoms with Gasteiger partial charge in [-0.25, -0.2) is 4.98 Å². The van der Waals surface area contributed by atoms with Crippen LogP contribution < -0.4 is 4.74 Å². The Labute approximate surface area is 115 Å². The van der Waals surface area contributed by atoms with Crippen molar-refractivity contribution in [1.29, 1.82) is 0 Å². The Balaban J connectivity index is 2.19. The van der Waals surface area contributed by atoms with Crippen LogP contribution in [0.2, 0.25) is 5.15 Å². The molecule has 0 saturated carbocycles. The quantitative estimate of drug-likeness (QED) is 0.562. The van der Waals surface area contributed by atoms with Gasteiger partial charge in [-0.15, -0.1) is 0 Å². The molecule has 1 aromatic heterocycles. The van der Waals surface area contributed by atoms with E-state index >= 15 is 0 Å². The number of hydrogen-bond acceptors (Lipinski definition) is 2. The standard InChI is InChI=1S/C16H10ClNO/c17-16-12-9-19-14-8-4-2-6-11(14)15(12)10-5-1-3-7-13(10)18-16/h1-8H,9H2. The molecular formula is C16H10ClNO. The summed E-state index contributed by atoms with van der Waals surface area (Å²) >= 11 is 6.30. The number of fused-ring (bicyclic) bond motifs is 5. The maximum Gasteiger partial charge on any atom is 0.137 e. The number of rotatable bonds is 0. The minimum atomic E-state index is 0.475. The predicted octanol–water partition coefficient (Wildman–Crippen LogP) is 4.45. The maximum atomic E-state index is 6.30. The van der Waals surface area contributed by atoms with Crippen molar-refractivity contribution in [3.63, 3.8) is 0 Å². The molecule has 2 heterocycles. The number of aromatic nitrogens is 1. The summed E-state index contributed by atoms with van der Waals surface area (Å²) in [4.78, 5) is 4.45. The van der Waals surface area contributed by atoms with Gasteiger partial charge in [0.25, 0.3) is 0 Å². The molecule has 0 bridgehead atoms. The average molecular weight is 268 g/mol. The molecule has 0 atom stereocenters. The van der Waals surface area contributed by atoms with E-state index in [0.29, 0.717) is 11.8 Å². The van der Waals surface area contributed by atoms with Crippen LogP contribution in [0.3, 0.4) is 0 Å². The monoisotopic (exact) mass is 267 g/mol. The summed E-state index contributed by atoms with van der Waals surface area (Å²) in [5.41, 5.74) is 4.13. The van der Waals surface area contributed by atoms with Crippen LogP contribution in [0.5, 0.6) is 5.75 Å². The summed E-state index contributed by atoms with van der Waals surface area (Å²) in [6.45, 7) is 0.475. The van der Waals surface area contributed by atoms with Crippen molar-refractivity contribution >= 4 is 22.5 Å². The van der Waals surface area contributed by atoms with Crippen molar-refractivity contribution in [1.82, 2.24) is 4.98 Å². The zero-order valence-electron chi connectivity index (χ0n) is 10.1. The lowest BCUT2D eigenvalue weighted by Crippen LogP contribution is -2.07. The molecule has 0 radical (unpaired) electrons. The van der Waals surface area contributed by atoms with Crippen LogP contribution in [0, 0.1) is 0 Å². The van der Waals surface area contributed by atoms with Gasteiger partial charge in [-0.1, -0.05) is 48.0 Å². The highest BCUT2D eigenvalue weighted by molar-refractivity contribution is 6.31. The Bertz CT molecular complexity index is 798. The summed E-state index contributed by atoms with van der Waals surface area (Å²) in [5, 5.41) is 1.65. The Morgan fingerprint density at radius 2 is 1.79 bits per heavy atom. The lowest BCUT2D eigenvalue weighted by atomic mass is 9.94. The number of halogens is 1. The van der Waals surface area contributed by atoms with Gasteiger partial charge in [0.05, 0.1) is 5.52 Å². The van der Waals surface area contributed by atoms with Crippen LogP contribution in [0.15, 0.2) is 48.5 Å². The van der Waals surface area contributed by atoms with Crippen LogP contribution >= 0.6 is 11.6 Å². The van der Waals surface area contributed by atoms with Crippen molar-refractivity contribution in [2.75, 3.05) is 0 Å². The van der Waals surface area contributed by atoms with E-state index in [4.69, 9.17) is 16.3 Å². The first-order chi connectivity index (χ1) is 9.34. The van der Waals surface area contributed by atoms with Crippen molar-refractivity contribution in [2.24, 2.45) is 0 Å². The molecule has 0 amide bonds. The molecule has 0 aliphatic carbocycles. The Morgan fingerprint density at radius 3 is 2.74 bits per heavy atom. The molecule has 0 unspecified atom stereocenters. The zero-order chi connectivity index (χ0) is 12.8. The van der Waals surface area contributed by atoms with Gasteiger partial charge in [0.1, 0.15) is 17.5 Å². The molecular weight excluding hydrogens is 258 g/mol. The van der Waals surface area contributed by atoms with Gasteiger partial charge in [0.2, 0.25) is 0 Å². The van der Waals surface area contributed by atoms with E-state index in [1.807, 2.05) is 36.4 Å². The van der Waals surface area contributed by atoms with Crippen LogP contribution in [0.25, 0.3) is 22.0 Å². The van der Waals surface area contributed by atoms with Gasteiger partial charge < -0.3 is 4.74 Å². The van der Waals surface area contributed by atoms with E-state index in [1.165, 1.54) is 0 Å². The van der Waals surface area contributed by atoms with Crippen molar-refractivity contribution in [3.8, 4) is 16.9 Å². The van der Waals surface area contributed by atoms with Crippen LogP contribution in [0.1, 0.15) is 5.56 Å². The number of hydrogen-bond donors (Lipinski definition) is 0. The maximum absolute atomic E-state index is 6.30. The molecule has 0 saturated heterocycles. The number of pyridine rings is 1. The highest BCUT2D eigenvalue weighted by atomic mass is 35.5.